The molecule has 0 saturated carbocycles. The van der Waals surface area contributed by atoms with Gasteiger partial charge in [0, 0.05) is 24.2 Å². The van der Waals surface area contributed by atoms with Crippen LogP contribution in [0.15, 0.2) is 60.8 Å². The van der Waals surface area contributed by atoms with Crippen LogP contribution >= 0.6 is 11.6 Å². The highest BCUT2D eigenvalue weighted by molar-refractivity contribution is 6.32. The van der Waals surface area contributed by atoms with Crippen LogP contribution < -0.4 is 4.74 Å². The van der Waals surface area contributed by atoms with Crippen LogP contribution in [0.5, 0.6) is 5.75 Å². The van der Waals surface area contributed by atoms with Crippen molar-refractivity contribution >= 4 is 28.6 Å². The zero-order chi connectivity index (χ0) is 23.0. The second kappa shape index (κ2) is 11.7. The molecular weight excluding hydrogens is 428 g/mol. The number of pyridine rings is 1. The van der Waals surface area contributed by atoms with Crippen molar-refractivity contribution in [1.82, 2.24) is 9.88 Å². The molecule has 1 saturated heterocycles. The van der Waals surface area contributed by atoms with E-state index in [-0.39, 0.29) is 0 Å². The molecule has 3 nitrogen and oxygen atoms in total. The van der Waals surface area contributed by atoms with Crippen molar-refractivity contribution in [2.24, 2.45) is 5.92 Å². The Hall–Kier alpha value is -2.36. The molecule has 174 valence electrons. The molecule has 0 bridgehead atoms. The fraction of sp³-hybridized carbons (Fsp3) is 0.414. The number of hydrogen-bond acceptors (Lipinski definition) is 3. The van der Waals surface area contributed by atoms with Gasteiger partial charge < -0.3 is 4.74 Å². The average molecular weight is 463 g/mol. The van der Waals surface area contributed by atoms with Crippen molar-refractivity contribution in [2.45, 2.75) is 51.5 Å². The van der Waals surface area contributed by atoms with E-state index in [1.807, 2.05) is 12.1 Å². The Kier molecular flexibility index (Phi) is 8.41. The van der Waals surface area contributed by atoms with E-state index in [4.69, 9.17) is 16.3 Å². The van der Waals surface area contributed by atoms with Gasteiger partial charge in [0.1, 0.15) is 5.75 Å². The van der Waals surface area contributed by atoms with Gasteiger partial charge in [0.15, 0.2) is 0 Å². The van der Waals surface area contributed by atoms with Gasteiger partial charge in [0.05, 0.1) is 17.6 Å². The van der Waals surface area contributed by atoms with Crippen LogP contribution in [0.3, 0.4) is 0 Å². The summed E-state index contributed by atoms with van der Waals surface area (Å²) in [6.45, 7) is 4.57. The molecule has 0 N–H and O–H groups in total. The Labute approximate surface area is 203 Å². The number of fused-ring (bicyclic) bond motifs is 1. The molecule has 1 aliphatic heterocycles. The van der Waals surface area contributed by atoms with Gasteiger partial charge in [-0.3, -0.25) is 9.88 Å². The molecule has 2 unspecified atom stereocenters. The summed E-state index contributed by atoms with van der Waals surface area (Å²) >= 11 is 6.56. The molecular formula is C29H35ClN2O. The molecule has 1 fully saturated rings. The van der Waals surface area contributed by atoms with Crippen LogP contribution in [0.1, 0.15) is 50.2 Å². The van der Waals surface area contributed by atoms with Gasteiger partial charge in [-0.05, 0) is 73.9 Å². The summed E-state index contributed by atoms with van der Waals surface area (Å²) in [4.78, 5) is 7.15. The van der Waals surface area contributed by atoms with E-state index >= 15 is 0 Å². The van der Waals surface area contributed by atoms with Crippen LogP contribution in [0.25, 0.3) is 17.0 Å². The van der Waals surface area contributed by atoms with E-state index in [2.05, 4.69) is 65.4 Å². The number of hydrogen-bond donors (Lipinski definition) is 0. The molecule has 4 rings (SSSR count). The first-order valence-electron chi connectivity index (χ1n) is 12.2. The van der Waals surface area contributed by atoms with Crippen LogP contribution in [0, 0.1) is 5.92 Å². The van der Waals surface area contributed by atoms with Crippen LogP contribution in [-0.4, -0.2) is 36.1 Å². The van der Waals surface area contributed by atoms with Gasteiger partial charge in [0.2, 0.25) is 0 Å². The number of halogens is 1. The fourth-order valence-electron chi connectivity index (χ4n) is 5.15. The van der Waals surface area contributed by atoms with E-state index in [0.29, 0.717) is 6.04 Å². The summed E-state index contributed by atoms with van der Waals surface area (Å²) in [7, 11) is 1.70. The molecule has 0 radical (unpaired) electrons. The third kappa shape index (κ3) is 6.16. The largest absolute Gasteiger partial charge is 0.497 e. The normalized spacial score (nSPS) is 19.4. The first-order valence-corrected chi connectivity index (χ1v) is 12.6. The van der Waals surface area contributed by atoms with Gasteiger partial charge in [-0.25, -0.2) is 0 Å². The Morgan fingerprint density at radius 3 is 2.82 bits per heavy atom. The summed E-state index contributed by atoms with van der Waals surface area (Å²) in [6, 6.07) is 17.3. The number of likely N-dealkylation sites (tertiary alicyclic amines) is 1. The van der Waals surface area contributed by atoms with E-state index in [0.717, 1.165) is 47.0 Å². The molecule has 1 aromatic heterocycles. The van der Waals surface area contributed by atoms with E-state index in [1.165, 1.54) is 43.4 Å². The smallest absolute Gasteiger partial charge is 0.119 e. The molecule has 2 aromatic carbocycles. The number of aromatic nitrogens is 1. The maximum atomic E-state index is 6.56. The Morgan fingerprint density at radius 1 is 1.18 bits per heavy atom. The predicted octanol–water partition coefficient (Wildman–Crippen LogP) is 7.42. The minimum Gasteiger partial charge on any atom is -0.497 e. The molecule has 4 heteroatoms. The van der Waals surface area contributed by atoms with E-state index < -0.39 is 0 Å². The van der Waals surface area contributed by atoms with Crippen LogP contribution in [0.4, 0.5) is 0 Å². The maximum absolute atomic E-state index is 6.56. The molecule has 1 aliphatic rings. The number of methoxy groups -OCH3 is 1. The number of nitrogens with zero attached hydrogens (tertiary/aromatic N) is 2. The van der Waals surface area contributed by atoms with Crippen molar-refractivity contribution < 1.29 is 4.74 Å². The summed E-state index contributed by atoms with van der Waals surface area (Å²) in [5, 5.41) is 1.88. The van der Waals surface area contributed by atoms with Crippen molar-refractivity contribution in [2.75, 3.05) is 20.2 Å². The zero-order valence-corrected chi connectivity index (χ0v) is 20.6. The van der Waals surface area contributed by atoms with Crippen molar-refractivity contribution in [3.05, 3.63) is 77.0 Å². The summed E-state index contributed by atoms with van der Waals surface area (Å²) in [5.74, 6) is 1.65. The Morgan fingerprint density at radius 2 is 2.03 bits per heavy atom. The lowest BCUT2D eigenvalue weighted by molar-refractivity contribution is 0.117. The Bertz CT molecular complexity index is 1070. The number of ether oxygens (including phenoxy) is 1. The molecule has 0 amide bonds. The number of benzene rings is 2. The fourth-order valence-corrected chi connectivity index (χ4v) is 5.39. The second-order valence-corrected chi connectivity index (χ2v) is 9.53. The SMILES string of the molecule is CCC1CC(CCCc2c(Cl)cnc3ccc(OC)cc23)CCN1CC=Cc1ccccc1. The number of aryl methyl sites for hydroxylation is 1. The average Bonchev–Trinajstić information content (AvgIpc) is 2.86. The first kappa shape index (κ1) is 23.8. The maximum Gasteiger partial charge on any atom is 0.119 e. The lowest BCUT2D eigenvalue weighted by Crippen LogP contribution is -2.42. The minimum absolute atomic E-state index is 0.679. The molecule has 2 atom stereocenters. The van der Waals surface area contributed by atoms with Crippen molar-refractivity contribution in [3.63, 3.8) is 0 Å². The standard InChI is InChI=1S/C29H35ClN2O/c1-3-24-19-23(16-18-32(24)17-8-12-22-9-5-4-6-10-22)11-7-13-26-27-20-25(33-2)14-15-29(27)31-21-28(26)30/h4-6,8-10,12,14-15,20-21,23-24H,3,7,11,13,16-19H2,1-2H3. The monoisotopic (exact) mass is 462 g/mol. The molecule has 0 spiro atoms. The third-order valence-corrected chi connectivity index (χ3v) is 7.37. The molecule has 3 aromatic rings. The summed E-state index contributed by atoms with van der Waals surface area (Å²) in [5.41, 5.74) is 3.47. The Balaban J connectivity index is 1.31. The first-order chi connectivity index (χ1) is 16.2. The van der Waals surface area contributed by atoms with Crippen molar-refractivity contribution in [3.8, 4) is 5.75 Å². The van der Waals surface area contributed by atoms with E-state index in [9.17, 15) is 0 Å². The zero-order valence-electron chi connectivity index (χ0n) is 19.8. The molecule has 33 heavy (non-hydrogen) atoms. The predicted molar refractivity (Wildman–Crippen MR) is 140 cm³/mol. The third-order valence-electron chi connectivity index (χ3n) is 7.04. The quantitative estimate of drug-likeness (QED) is 0.330. The number of piperidine rings is 1. The lowest BCUT2D eigenvalue weighted by Gasteiger charge is -2.39. The van der Waals surface area contributed by atoms with Crippen molar-refractivity contribution in [1.29, 1.82) is 0 Å². The van der Waals surface area contributed by atoms with Gasteiger partial charge in [-0.15, -0.1) is 0 Å². The number of rotatable bonds is 9. The molecule has 0 aliphatic carbocycles. The highest BCUT2D eigenvalue weighted by Gasteiger charge is 2.26. The summed E-state index contributed by atoms with van der Waals surface area (Å²) in [6.07, 6.45) is 13.6. The summed E-state index contributed by atoms with van der Waals surface area (Å²) < 4.78 is 5.42. The van der Waals surface area contributed by atoms with E-state index in [1.54, 1.807) is 13.3 Å². The topological polar surface area (TPSA) is 25.4 Å². The van der Waals surface area contributed by atoms with Gasteiger partial charge in [0.25, 0.3) is 0 Å². The second-order valence-electron chi connectivity index (χ2n) is 9.12. The molecule has 2 heterocycles. The van der Waals surface area contributed by atoms with Crippen LogP contribution in [-0.2, 0) is 6.42 Å². The highest BCUT2D eigenvalue weighted by Crippen LogP contribution is 2.32. The minimum atomic E-state index is 0.679. The van der Waals surface area contributed by atoms with Crippen LogP contribution in [0.2, 0.25) is 5.02 Å². The lowest BCUT2D eigenvalue weighted by atomic mass is 9.85. The van der Waals surface area contributed by atoms with Gasteiger partial charge in [-0.2, -0.15) is 0 Å². The van der Waals surface area contributed by atoms with Gasteiger partial charge >= 0.3 is 0 Å². The highest BCUT2D eigenvalue weighted by atomic mass is 35.5. The van der Waals surface area contributed by atoms with Gasteiger partial charge in [-0.1, -0.05) is 67.4 Å².